The molecule has 1 aliphatic rings. The van der Waals surface area contributed by atoms with E-state index >= 15 is 0 Å². The quantitative estimate of drug-likeness (QED) is 0.694. The molecule has 1 atom stereocenters. The SMILES string of the molecule is Cc1nc(N[C@@H]2CCCc3ccccc32)cc(-c2cccc(C=O)c2)n1. The van der Waals surface area contributed by atoms with Crippen molar-refractivity contribution in [3.05, 3.63) is 77.1 Å². The van der Waals surface area contributed by atoms with Gasteiger partial charge in [0.2, 0.25) is 0 Å². The molecule has 1 aromatic heterocycles. The molecule has 26 heavy (non-hydrogen) atoms. The van der Waals surface area contributed by atoms with Crippen LogP contribution in [0.5, 0.6) is 0 Å². The number of carbonyl (C=O) groups excluding carboxylic acids is 1. The van der Waals surface area contributed by atoms with E-state index in [2.05, 4.69) is 39.6 Å². The summed E-state index contributed by atoms with van der Waals surface area (Å²) in [4.78, 5) is 20.2. The smallest absolute Gasteiger partial charge is 0.150 e. The van der Waals surface area contributed by atoms with Crippen LogP contribution in [0.25, 0.3) is 11.3 Å². The Morgan fingerprint density at radius 2 is 1.96 bits per heavy atom. The maximum Gasteiger partial charge on any atom is 0.150 e. The Bertz CT molecular complexity index is 952. The summed E-state index contributed by atoms with van der Waals surface area (Å²) < 4.78 is 0. The largest absolute Gasteiger partial charge is 0.363 e. The standard InChI is InChI=1S/C22H21N3O/c1-15-23-21(18-9-4-6-16(12-18)14-26)13-22(24-15)25-20-11-5-8-17-7-2-3-10-19(17)20/h2-4,6-7,9-10,12-14,20H,5,8,11H2,1H3,(H,23,24,25)/t20-/m1/s1. The molecule has 0 saturated carbocycles. The average molecular weight is 343 g/mol. The number of aromatic nitrogens is 2. The summed E-state index contributed by atoms with van der Waals surface area (Å²) in [5.41, 5.74) is 5.18. The number of aldehydes is 1. The molecule has 1 aliphatic carbocycles. The first kappa shape index (κ1) is 16.5. The Balaban J connectivity index is 1.66. The van der Waals surface area contributed by atoms with Crippen molar-refractivity contribution >= 4 is 12.1 Å². The first-order valence-electron chi connectivity index (χ1n) is 8.98. The Labute approximate surface area is 153 Å². The highest BCUT2D eigenvalue weighted by molar-refractivity contribution is 5.78. The van der Waals surface area contributed by atoms with E-state index in [-0.39, 0.29) is 6.04 Å². The molecule has 130 valence electrons. The van der Waals surface area contributed by atoms with Crippen molar-refractivity contribution in [1.29, 1.82) is 0 Å². The minimum Gasteiger partial charge on any atom is -0.363 e. The van der Waals surface area contributed by atoms with Crippen molar-refractivity contribution in [3.8, 4) is 11.3 Å². The van der Waals surface area contributed by atoms with Gasteiger partial charge in [-0.15, -0.1) is 0 Å². The second-order valence-electron chi connectivity index (χ2n) is 6.72. The Kier molecular flexibility index (Phi) is 4.48. The number of hydrogen-bond donors (Lipinski definition) is 1. The van der Waals surface area contributed by atoms with E-state index < -0.39 is 0 Å². The lowest BCUT2D eigenvalue weighted by molar-refractivity contribution is 0.112. The van der Waals surface area contributed by atoms with Gasteiger partial charge in [0.1, 0.15) is 17.9 Å². The van der Waals surface area contributed by atoms with Gasteiger partial charge in [0.05, 0.1) is 11.7 Å². The second kappa shape index (κ2) is 7.08. The van der Waals surface area contributed by atoms with Gasteiger partial charge in [-0.1, -0.05) is 42.5 Å². The maximum atomic E-state index is 11.1. The molecule has 2 aromatic carbocycles. The van der Waals surface area contributed by atoms with E-state index in [1.807, 2.05) is 31.2 Å². The predicted molar refractivity (Wildman–Crippen MR) is 103 cm³/mol. The van der Waals surface area contributed by atoms with Crippen LogP contribution >= 0.6 is 0 Å². The van der Waals surface area contributed by atoms with Crippen molar-refractivity contribution < 1.29 is 4.79 Å². The van der Waals surface area contributed by atoms with Crippen molar-refractivity contribution in [1.82, 2.24) is 9.97 Å². The van der Waals surface area contributed by atoms with Crippen LogP contribution in [-0.4, -0.2) is 16.3 Å². The molecular formula is C22H21N3O. The minimum absolute atomic E-state index is 0.267. The van der Waals surface area contributed by atoms with Crippen LogP contribution in [-0.2, 0) is 6.42 Å². The summed E-state index contributed by atoms with van der Waals surface area (Å²) in [5, 5.41) is 3.60. The van der Waals surface area contributed by atoms with Crippen LogP contribution in [0, 0.1) is 6.92 Å². The lowest BCUT2D eigenvalue weighted by atomic mass is 9.88. The van der Waals surface area contributed by atoms with E-state index in [0.29, 0.717) is 11.4 Å². The number of fused-ring (bicyclic) bond motifs is 1. The van der Waals surface area contributed by atoms with Crippen LogP contribution in [0.1, 0.15) is 46.2 Å². The van der Waals surface area contributed by atoms with E-state index in [1.165, 1.54) is 17.5 Å². The van der Waals surface area contributed by atoms with Crippen LogP contribution in [0.4, 0.5) is 5.82 Å². The highest BCUT2D eigenvalue weighted by Gasteiger charge is 2.20. The molecule has 0 unspecified atom stereocenters. The third kappa shape index (κ3) is 3.36. The summed E-state index contributed by atoms with van der Waals surface area (Å²) >= 11 is 0. The van der Waals surface area contributed by atoms with Crippen LogP contribution in [0.15, 0.2) is 54.6 Å². The molecule has 0 amide bonds. The molecular weight excluding hydrogens is 322 g/mol. The molecule has 0 radical (unpaired) electrons. The van der Waals surface area contributed by atoms with Gasteiger partial charge in [-0.2, -0.15) is 0 Å². The minimum atomic E-state index is 0.267. The molecule has 4 rings (SSSR count). The monoisotopic (exact) mass is 343 g/mol. The molecule has 0 saturated heterocycles. The molecule has 0 bridgehead atoms. The van der Waals surface area contributed by atoms with Gasteiger partial charge in [0.25, 0.3) is 0 Å². The zero-order valence-electron chi connectivity index (χ0n) is 14.8. The van der Waals surface area contributed by atoms with Gasteiger partial charge in [-0.05, 0) is 43.4 Å². The fraction of sp³-hybridized carbons (Fsp3) is 0.227. The molecule has 1 heterocycles. The number of benzene rings is 2. The summed E-state index contributed by atoms with van der Waals surface area (Å²) in [7, 11) is 0. The fourth-order valence-electron chi connectivity index (χ4n) is 3.64. The average Bonchev–Trinajstić information content (AvgIpc) is 2.68. The van der Waals surface area contributed by atoms with Crippen molar-refractivity contribution in [3.63, 3.8) is 0 Å². The summed E-state index contributed by atoms with van der Waals surface area (Å²) in [6, 6.07) is 18.3. The van der Waals surface area contributed by atoms with Gasteiger partial charge >= 0.3 is 0 Å². The Hall–Kier alpha value is -3.01. The van der Waals surface area contributed by atoms with Gasteiger partial charge in [-0.25, -0.2) is 9.97 Å². The predicted octanol–water partition coefficient (Wildman–Crippen LogP) is 4.75. The molecule has 0 spiro atoms. The van der Waals surface area contributed by atoms with E-state index in [4.69, 9.17) is 0 Å². The fourth-order valence-corrected chi connectivity index (χ4v) is 3.64. The van der Waals surface area contributed by atoms with Crippen molar-refractivity contribution in [2.24, 2.45) is 0 Å². The van der Waals surface area contributed by atoms with Crippen molar-refractivity contribution in [2.45, 2.75) is 32.2 Å². The van der Waals surface area contributed by atoms with Gasteiger partial charge in [0.15, 0.2) is 0 Å². The summed E-state index contributed by atoms with van der Waals surface area (Å²) in [5.74, 6) is 1.54. The number of anilines is 1. The van der Waals surface area contributed by atoms with Crippen molar-refractivity contribution in [2.75, 3.05) is 5.32 Å². The lowest BCUT2D eigenvalue weighted by Crippen LogP contribution is -2.18. The highest BCUT2D eigenvalue weighted by Crippen LogP contribution is 2.32. The van der Waals surface area contributed by atoms with Crippen LogP contribution < -0.4 is 5.32 Å². The van der Waals surface area contributed by atoms with E-state index in [9.17, 15) is 4.79 Å². The van der Waals surface area contributed by atoms with Gasteiger partial charge < -0.3 is 5.32 Å². The summed E-state index contributed by atoms with van der Waals surface area (Å²) in [6.07, 6.45) is 4.26. The van der Waals surface area contributed by atoms with E-state index in [1.54, 1.807) is 6.07 Å². The third-order valence-electron chi connectivity index (χ3n) is 4.85. The van der Waals surface area contributed by atoms with Crippen LogP contribution in [0.3, 0.4) is 0 Å². The zero-order chi connectivity index (χ0) is 17.9. The van der Waals surface area contributed by atoms with Gasteiger partial charge in [0, 0.05) is 17.2 Å². The molecule has 0 fully saturated rings. The molecule has 1 N–H and O–H groups in total. The second-order valence-corrected chi connectivity index (χ2v) is 6.72. The Morgan fingerprint density at radius 3 is 2.85 bits per heavy atom. The number of nitrogens with zero attached hydrogens (tertiary/aromatic N) is 2. The molecule has 4 nitrogen and oxygen atoms in total. The molecule has 0 aliphatic heterocycles. The summed E-state index contributed by atoms with van der Waals surface area (Å²) in [6.45, 7) is 1.90. The maximum absolute atomic E-state index is 11.1. The first-order valence-corrected chi connectivity index (χ1v) is 8.98. The normalized spacial score (nSPS) is 16.0. The lowest BCUT2D eigenvalue weighted by Gasteiger charge is -2.27. The Morgan fingerprint density at radius 1 is 1.08 bits per heavy atom. The molecule has 4 heteroatoms. The topological polar surface area (TPSA) is 54.9 Å². The number of aryl methyl sites for hydroxylation is 2. The van der Waals surface area contributed by atoms with Crippen LogP contribution in [0.2, 0.25) is 0 Å². The first-order chi connectivity index (χ1) is 12.7. The zero-order valence-corrected chi connectivity index (χ0v) is 14.8. The number of carbonyl (C=O) groups is 1. The third-order valence-corrected chi connectivity index (χ3v) is 4.85. The number of nitrogens with one attached hydrogen (secondary N) is 1. The van der Waals surface area contributed by atoms with Gasteiger partial charge in [-0.3, -0.25) is 4.79 Å². The number of rotatable bonds is 4. The highest BCUT2D eigenvalue weighted by atomic mass is 16.1. The number of hydrogen-bond acceptors (Lipinski definition) is 4. The molecule has 3 aromatic rings. The van der Waals surface area contributed by atoms with E-state index in [0.717, 1.165) is 36.2 Å².